The molecule has 0 aromatic rings. The van der Waals surface area contributed by atoms with Gasteiger partial charge in [-0.05, 0) is 58.3 Å². The number of hydrogen-bond donors (Lipinski definition) is 2. The number of nitrogens with zero attached hydrogens (tertiary/aromatic N) is 1. The Bertz CT molecular complexity index is 542. The van der Waals surface area contributed by atoms with Gasteiger partial charge < -0.3 is 20.1 Å². The maximum Gasteiger partial charge on any atom is 0.410 e. The molecule has 0 radical (unpaired) electrons. The van der Waals surface area contributed by atoms with Gasteiger partial charge in [0.05, 0.1) is 12.0 Å². The number of amides is 1. The van der Waals surface area contributed by atoms with Crippen molar-refractivity contribution in [2.75, 3.05) is 19.7 Å². The van der Waals surface area contributed by atoms with E-state index in [0.717, 1.165) is 25.7 Å². The van der Waals surface area contributed by atoms with Crippen LogP contribution in [0.5, 0.6) is 0 Å². The van der Waals surface area contributed by atoms with Gasteiger partial charge in [0, 0.05) is 25.2 Å². The highest BCUT2D eigenvalue weighted by molar-refractivity contribution is 5.68. The SMILES string of the molecule is CC(C)(C)OC(=O)N1CCC2(CC1)CC(N[C@@H](CO)CC(C)(C)C(F)(F)F)C2. The molecule has 1 atom stereocenters. The van der Waals surface area contributed by atoms with E-state index in [0.29, 0.717) is 13.1 Å². The van der Waals surface area contributed by atoms with E-state index < -0.39 is 23.2 Å². The molecule has 1 saturated heterocycles. The Morgan fingerprint density at radius 3 is 2.14 bits per heavy atom. The van der Waals surface area contributed by atoms with Crippen LogP contribution in [0.4, 0.5) is 18.0 Å². The van der Waals surface area contributed by atoms with E-state index >= 15 is 0 Å². The first-order chi connectivity index (χ1) is 12.7. The Morgan fingerprint density at radius 2 is 1.71 bits per heavy atom. The third-order valence-electron chi connectivity index (χ3n) is 6.05. The molecule has 5 nitrogen and oxygen atoms in total. The Morgan fingerprint density at radius 1 is 1.18 bits per heavy atom. The summed E-state index contributed by atoms with van der Waals surface area (Å²) in [5.41, 5.74) is -2.20. The minimum Gasteiger partial charge on any atom is -0.444 e. The highest BCUT2D eigenvalue weighted by atomic mass is 19.4. The average molecular weight is 409 g/mol. The molecule has 164 valence electrons. The lowest BCUT2D eigenvalue weighted by Crippen LogP contribution is -2.57. The number of rotatable bonds is 5. The van der Waals surface area contributed by atoms with Crippen molar-refractivity contribution in [3.05, 3.63) is 0 Å². The zero-order valence-electron chi connectivity index (χ0n) is 17.7. The first kappa shape index (κ1) is 23.3. The fourth-order valence-electron chi connectivity index (χ4n) is 4.24. The number of hydrogen-bond acceptors (Lipinski definition) is 4. The van der Waals surface area contributed by atoms with Gasteiger partial charge in [-0.15, -0.1) is 0 Å². The lowest BCUT2D eigenvalue weighted by molar-refractivity contribution is -0.216. The summed E-state index contributed by atoms with van der Waals surface area (Å²) in [7, 11) is 0. The van der Waals surface area contributed by atoms with Crippen LogP contribution in [0.1, 0.15) is 66.7 Å². The zero-order valence-corrected chi connectivity index (χ0v) is 17.7. The van der Waals surface area contributed by atoms with Crippen LogP contribution < -0.4 is 5.32 Å². The Balaban J connectivity index is 1.79. The fourth-order valence-corrected chi connectivity index (χ4v) is 4.24. The molecule has 1 heterocycles. The molecule has 0 aromatic heterocycles. The fraction of sp³-hybridized carbons (Fsp3) is 0.950. The zero-order chi connectivity index (χ0) is 21.4. The van der Waals surface area contributed by atoms with E-state index in [1.165, 1.54) is 13.8 Å². The molecule has 2 rings (SSSR count). The van der Waals surface area contributed by atoms with Gasteiger partial charge in [0.1, 0.15) is 5.60 Å². The van der Waals surface area contributed by atoms with Crippen molar-refractivity contribution in [1.29, 1.82) is 0 Å². The van der Waals surface area contributed by atoms with E-state index in [1.54, 1.807) is 4.90 Å². The summed E-state index contributed by atoms with van der Waals surface area (Å²) in [5.74, 6) is 0. The van der Waals surface area contributed by atoms with Crippen LogP contribution >= 0.6 is 0 Å². The quantitative estimate of drug-likeness (QED) is 0.719. The molecule has 8 heteroatoms. The normalized spacial score (nSPS) is 22.1. The number of halogens is 3. The molecule has 1 spiro atoms. The summed E-state index contributed by atoms with van der Waals surface area (Å²) in [6.07, 6.45) is -1.23. The second-order valence-corrected chi connectivity index (χ2v) is 10.2. The van der Waals surface area contributed by atoms with Crippen LogP contribution in [0.3, 0.4) is 0 Å². The molecule has 1 aliphatic heterocycles. The number of likely N-dealkylation sites (tertiary alicyclic amines) is 1. The maximum absolute atomic E-state index is 13.1. The number of aliphatic hydroxyl groups excluding tert-OH is 1. The van der Waals surface area contributed by atoms with Crippen molar-refractivity contribution in [3.8, 4) is 0 Å². The van der Waals surface area contributed by atoms with Crippen LogP contribution in [0.25, 0.3) is 0 Å². The summed E-state index contributed by atoms with van der Waals surface area (Å²) >= 11 is 0. The second-order valence-electron chi connectivity index (χ2n) is 10.2. The molecular weight excluding hydrogens is 373 g/mol. The molecule has 2 aliphatic rings. The van der Waals surface area contributed by atoms with E-state index in [1.807, 2.05) is 20.8 Å². The average Bonchev–Trinajstić information content (AvgIpc) is 2.50. The highest BCUT2D eigenvalue weighted by Gasteiger charge is 2.50. The second kappa shape index (κ2) is 8.01. The molecule has 0 unspecified atom stereocenters. The van der Waals surface area contributed by atoms with Gasteiger partial charge in [-0.2, -0.15) is 13.2 Å². The van der Waals surface area contributed by atoms with Gasteiger partial charge in [-0.3, -0.25) is 0 Å². The van der Waals surface area contributed by atoms with E-state index in [-0.39, 0.29) is 30.6 Å². The van der Waals surface area contributed by atoms with Gasteiger partial charge in [0.15, 0.2) is 0 Å². The van der Waals surface area contributed by atoms with E-state index in [4.69, 9.17) is 4.74 Å². The summed E-state index contributed by atoms with van der Waals surface area (Å²) in [5, 5.41) is 12.7. The molecule has 0 bridgehead atoms. The monoisotopic (exact) mass is 408 g/mol. The summed E-state index contributed by atoms with van der Waals surface area (Å²) in [4.78, 5) is 13.9. The van der Waals surface area contributed by atoms with E-state index in [9.17, 15) is 23.1 Å². The van der Waals surface area contributed by atoms with Gasteiger partial charge in [0.2, 0.25) is 0 Å². The van der Waals surface area contributed by atoms with Crippen molar-refractivity contribution in [2.24, 2.45) is 10.8 Å². The van der Waals surface area contributed by atoms with Gasteiger partial charge in [-0.1, -0.05) is 13.8 Å². The number of nitrogens with one attached hydrogen (secondary N) is 1. The summed E-state index contributed by atoms with van der Waals surface area (Å²) < 4.78 is 44.7. The van der Waals surface area contributed by atoms with Crippen molar-refractivity contribution < 1.29 is 27.8 Å². The molecule has 1 saturated carbocycles. The van der Waals surface area contributed by atoms with Crippen LogP contribution in [0, 0.1) is 10.8 Å². The maximum atomic E-state index is 13.1. The van der Waals surface area contributed by atoms with Crippen LogP contribution in [-0.2, 0) is 4.74 Å². The summed E-state index contributed by atoms with van der Waals surface area (Å²) in [6.45, 7) is 8.86. The van der Waals surface area contributed by atoms with Gasteiger partial charge >= 0.3 is 12.3 Å². The molecule has 1 aliphatic carbocycles. The number of carbonyl (C=O) groups is 1. The predicted octanol–water partition coefficient (Wildman–Crippen LogP) is 4.10. The van der Waals surface area contributed by atoms with E-state index in [2.05, 4.69) is 5.32 Å². The van der Waals surface area contributed by atoms with Crippen molar-refractivity contribution >= 4 is 6.09 Å². The molecule has 1 amide bonds. The van der Waals surface area contributed by atoms with Gasteiger partial charge in [0.25, 0.3) is 0 Å². The first-order valence-corrected chi connectivity index (χ1v) is 10.1. The molecule has 2 N–H and O–H groups in total. The molecule has 0 aromatic carbocycles. The number of aliphatic hydroxyl groups is 1. The Hall–Kier alpha value is -1.02. The number of carbonyl (C=O) groups excluding carboxylic acids is 1. The van der Waals surface area contributed by atoms with Crippen molar-refractivity contribution in [1.82, 2.24) is 10.2 Å². The molecule has 2 fully saturated rings. The standard InChI is InChI=1S/C20H35F3N2O3/c1-17(2,3)28-16(27)25-8-6-19(7-9-25)11-14(12-19)24-15(13-26)10-18(4,5)20(21,22)23/h14-15,24,26H,6-13H2,1-5H3/t15-/m1/s1. The highest BCUT2D eigenvalue weighted by Crippen LogP contribution is 2.49. The Kier molecular flexibility index (Phi) is 6.66. The summed E-state index contributed by atoms with van der Waals surface area (Å²) in [6, 6.07) is -0.449. The van der Waals surface area contributed by atoms with Crippen LogP contribution in [-0.4, -0.2) is 59.7 Å². The van der Waals surface area contributed by atoms with Crippen molar-refractivity contribution in [3.63, 3.8) is 0 Å². The van der Waals surface area contributed by atoms with Crippen LogP contribution in [0.15, 0.2) is 0 Å². The smallest absolute Gasteiger partial charge is 0.410 e. The predicted molar refractivity (Wildman–Crippen MR) is 101 cm³/mol. The third-order valence-corrected chi connectivity index (χ3v) is 6.05. The van der Waals surface area contributed by atoms with Crippen LogP contribution in [0.2, 0.25) is 0 Å². The lowest BCUT2D eigenvalue weighted by atomic mass is 9.60. The number of piperidine rings is 1. The Labute approximate surface area is 166 Å². The number of alkyl halides is 3. The van der Waals surface area contributed by atoms with Crippen molar-refractivity contribution in [2.45, 2.75) is 90.6 Å². The molecule has 28 heavy (non-hydrogen) atoms. The first-order valence-electron chi connectivity index (χ1n) is 10.1. The largest absolute Gasteiger partial charge is 0.444 e. The minimum atomic E-state index is -4.29. The van der Waals surface area contributed by atoms with Gasteiger partial charge in [-0.25, -0.2) is 4.79 Å². The third kappa shape index (κ3) is 5.75. The molecular formula is C20H35F3N2O3. The number of ether oxygens (including phenoxy) is 1. The topological polar surface area (TPSA) is 61.8 Å². The lowest BCUT2D eigenvalue weighted by Gasteiger charge is -2.53. The minimum absolute atomic E-state index is 0.120.